The molecular formula is C19H25N3O3. The summed E-state index contributed by atoms with van der Waals surface area (Å²) in [6, 6.07) is 10.2. The number of aliphatic hydroxyl groups is 1. The lowest BCUT2D eigenvalue weighted by atomic mass is 10.1. The van der Waals surface area contributed by atoms with E-state index in [0.29, 0.717) is 18.1 Å². The van der Waals surface area contributed by atoms with Crippen molar-refractivity contribution in [3.05, 3.63) is 41.6 Å². The van der Waals surface area contributed by atoms with Crippen LogP contribution < -0.4 is 14.4 Å². The maximum atomic E-state index is 9.19. The first-order chi connectivity index (χ1) is 12.2. The van der Waals surface area contributed by atoms with Gasteiger partial charge in [0.15, 0.2) is 0 Å². The zero-order valence-electron chi connectivity index (χ0n) is 15.0. The Balaban J connectivity index is 2.13. The van der Waals surface area contributed by atoms with Gasteiger partial charge in [0, 0.05) is 24.8 Å². The number of ether oxygens (including phenoxy) is 2. The molecule has 134 valence electrons. The standard InChI is InChI=1S/C19H25N3O3/c1-4-11-22(12-13-23)17-9-6-15(7-10-17)5-8-16-14-18(24-2)21-19(20-16)25-3/h5-10,14,23H,4,11-13H2,1-3H3/b8-5+. The highest BCUT2D eigenvalue weighted by Gasteiger charge is 2.05. The van der Waals surface area contributed by atoms with Crippen molar-refractivity contribution in [1.29, 1.82) is 0 Å². The Bertz CT molecular complexity index is 659. The van der Waals surface area contributed by atoms with Crippen LogP contribution in [0.3, 0.4) is 0 Å². The predicted octanol–water partition coefficient (Wildman–Crippen LogP) is 2.87. The largest absolute Gasteiger partial charge is 0.481 e. The molecule has 0 unspecified atom stereocenters. The highest BCUT2D eigenvalue weighted by molar-refractivity contribution is 5.69. The number of benzene rings is 1. The summed E-state index contributed by atoms with van der Waals surface area (Å²) < 4.78 is 10.2. The molecule has 0 atom stereocenters. The highest BCUT2D eigenvalue weighted by atomic mass is 16.5. The number of methoxy groups -OCH3 is 2. The molecule has 25 heavy (non-hydrogen) atoms. The van der Waals surface area contributed by atoms with Gasteiger partial charge in [-0.05, 0) is 30.2 Å². The van der Waals surface area contributed by atoms with Crippen LogP contribution in [0.25, 0.3) is 12.2 Å². The number of anilines is 1. The first-order valence-electron chi connectivity index (χ1n) is 8.31. The molecule has 0 radical (unpaired) electrons. The van der Waals surface area contributed by atoms with Crippen molar-refractivity contribution in [1.82, 2.24) is 9.97 Å². The maximum Gasteiger partial charge on any atom is 0.319 e. The highest BCUT2D eigenvalue weighted by Crippen LogP contribution is 2.18. The van der Waals surface area contributed by atoms with Gasteiger partial charge in [-0.25, -0.2) is 0 Å². The lowest BCUT2D eigenvalue weighted by Crippen LogP contribution is -2.27. The predicted molar refractivity (Wildman–Crippen MR) is 100 cm³/mol. The van der Waals surface area contributed by atoms with Gasteiger partial charge in [-0.1, -0.05) is 25.1 Å². The molecule has 1 aromatic heterocycles. The maximum absolute atomic E-state index is 9.19. The van der Waals surface area contributed by atoms with E-state index in [0.717, 1.165) is 24.2 Å². The van der Waals surface area contributed by atoms with E-state index >= 15 is 0 Å². The summed E-state index contributed by atoms with van der Waals surface area (Å²) in [7, 11) is 3.08. The van der Waals surface area contributed by atoms with Crippen LogP contribution in [0.4, 0.5) is 5.69 Å². The van der Waals surface area contributed by atoms with Crippen molar-refractivity contribution >= 4 is 17.8 Å². The minimum Gasteiger partial charge on any atom is -0.481 e. The summed E-state index contributed by atoms with van der Waals surface area (Å²) in [5.41, 5.74) is 2.87. The Morgan fingerprint density at radius 3 is 2.40 bits per heavy atom. The van der Waals surface area contributed by atoms with Crippen molar-refractivity contribution in [2.75, 3.05) is 38.8 Å². The summed E-state index contributed by atoms with van der Waals surface area (Å²) in [4.78, 5) is 10.5. The summed E-state index contributed by atoms with van der Waals surface area (Å²) in [5, 5.41) is 9.19. The smallest absolute Gasteiger partial charge is 0.319 e. The number of nitrogens with zero attached hydrogens (tertiary/aromatic N) is 3. The molecule has 6 nitrogen and oxygen atoms in total. The van der Waals surface area contributed by atoms with Crippen molar-refractivity contribution in [3.63, 3.8) is 0 Å². The van der Waals surface area contributed by atoms with E-state index < -0.39 is 0 Å². The van der Waals surface area contributed by atoms with Crippen LogP contribution in [-0.2, 0) is 0 Å². The summed E-state index contributed by atoms with van der Waals surface area (Å²) in [6.45, 7) is 3.85. The van der Waals surface area contributed by atoms with Crippen LogP contribution in [0.2, 0.25) is 0 Å². The molecule has 6 heteroatoms. The van der Waals surface area contributed by atoms with E-state index in [-0.39, 0.29) is 12.6 Å². The third-order valence-corrected chi connectivity index (χ3v) is 3.66. The first-order valence-corrected chi connectivity index (χ1v) is 8.31. The molecule has 0 aliphatic heterocycles. The van der Waals surface area contributed by atoms with Gasteiger partial charge >= 0.3 is 6.01 Å². The Kier molecular flexibility index (Phi) is 7.22. The molecule has 0 saturated heterocycles. The van der Waals surface area contributed by atoms with Crippen LogP contribution in [0.1, 0.15) is 24.6 Å². The van der Waals surface area contributed by atoms with Crippen molar-refractivity contribution in [2.45, 2.75) is 13.3 Å². The molecule has 0 amide bonds. The number of hydrogen-bond donors (Lipinski definition) is 1. The number of rotatable bonds is 9. The molecule has 0 spiro atoms. The number of aliphatic hydroxyl groups excluding tert-OH is 1. The van der Waals surface area contributed by atoms with Gasteiger partial charge in [0.2, 0.25) is 5.88 Å². The van der Waals surface area contributed by atoms with E-state index in [9.17, 15) is 5.11 Å². The fourth-order valence-electron chi connectivity index (χ4n) is 2.44. The summed E-state index contributed by atoms with van der Waals surface area (Å²) >= 11 is 0. The van der Waals surface area contributed by atoms with E-state index in [4.69, 9.17) is 9.47 Å². The fourth-order valence-corrected chi connectivity index (χ4v) is 2.44. The number of aromatic nitrogens is 2. The molecular weight excluding hydrogens is 318 g/mol. The average molecular weight is 343 g/mol. The van der Waals surface area contributed by atoms with Gasteiger partial charge in [-0.2, -0.15) is 9.97 Å². The van der Waals surface area contributed by atoms with Crippen LogP contribution >= 0.6 is 0 Å². The third-order valence-electron chi connectivity index (χ3n) is 3.66. The normalized spacial score (nSPS) is 10.9. The SMILES string of the molecule is CCCN(CCO)c1ccc(/C=C/c2cc(OC)nc(OC)n2)cc1. The minimum absolute atomic E-state index is 0.152. The lowest BCUT2D eigenvalue weighted by Gasteiger charge is -2.23. The van der Waals surface area contributed by atoms with Gasteiger partial charge in [0.1, 0.15) is 0 Å². The quantitative estimate of drug-likeness (QED) is 0.755. The van der Waals surface area contributed by atoms with E-state index in [1.165, 1.54) is 7.11 Å². The zero-order chi connectivity index (χ0) is 18.1. The van der Waals surface area contributed by atoms with Gasteiger partial charge in [0.05, 0.1) is 26.5 Å². The molecule has 0 bridgehead atoms. The molecule has 1 heterocycles. The Morgan fingerprint density at radius 2 is 1.80 bits per heavy atom. The Morgan fingerprint density at radius 1 is 1.04 bits per heavy atom. The second-order valence-corrected chi connectivity index (χ2v) is 5.46. The third kappa shape index (κ3) is 5.46. The Hall–Kier alpha value is -2.60. The van der Waals surface area contributed by atoms with Crippen LogP contribution in [-0.4, -0.2) is 49.0 Å². The molecule has 1 N–H and O–H groups in total. The van der Waals surface area contributed by atoms with Crippen LogP contribution in [0.5, 0.6) is 11.9 Å². The molecule has 2 rings (SSSR count). The van der Waals surface area contributed by atoms with Crippen molar-refractivity contribution in [3.8, 4) is 11.9 Å². The molecule has 0 saturated carbocycles. The fraction of sp³-hybridized carbons (Fsp3) is 0.368. The van der Waals surface area contributed by atoms with Crippen molar-refractivity contribution in [2.24, 2.45) is 0 Å². The second-order valence-electron chi connectivity index (χ2n) is 5.46. The molecule has 0 aliphatic rings. The summed E-state index contributed by atoms with van der Waals surface area (Å²) in [6.07, 6.45) is 4.90. The molecule has 0 aliphatic carbocycles. The lowest BCUT2D eigenvalue weighted by molar-refractivity contribution is 0.302. The van der Waals surface area contributed by atoms with Gasteiger partial charge in [-0.15, -0.1) is 0 Å². The van der Waals surface area contributed by atoms with Gasteiger partial charge in [0.25, 0.3) is 0 Å². The molecule has 0 fully saturated rings. The molecule has 2 aromatic rings. The topological polar surface area (TPSA) is 67.7 Å². The minimum atomic E-state index is 0.152. The van der Waals surface area contributed by atoms with E-state index in [2.05, 4.69) is 33.9 Å². The van der Waals surface area contributed by atoms with Crippen molar-refractivity contribution < 1.29 is 14.6 Å². The Labute approximate surface area is 148 Å². The van der Waals surface area contributed by atoms with E-state index in [1.54, 1.807) is 13.2 Å². The van der Waals surface area contributed by atoms with Crippen LogP contribution in [0.15, 0.2) is 30.3 Å². The van der Waals surface area contributed by atoms with Crippen LogP contribution in [0, 0.1) is 0 Å². The summed E-state index contributed by atoms with van der Waals surface area (Å²) in [5.74, 6) is 0.459. The van der Waals surface area contributed by atoms with E-state index in [1.807, 2.05) is 24.3 Å². The van der Waals surface area contributed by atoms with Gasteiger partial charge < -0.3 is 19.5 Å². The second kappa shape index (κ2) is 9.64. The molecule has 1 aromatic carbocycles. The zero-order valence-corrected chi connectivity index (χ0v) is 15.0. The number of hydrogen-bond acceptors (Lipinski definition) is 6. The first kappa shape index (κ1) is 18.7. The monoisotopic (exact) mass is 343 g/mol. The average Bonchev–Trinajstić information content (AvgIpc) is 2.66. The van der Waals surface area contributed by atoms with Gasteiger partial charge in [-0.3, -0.25) is 0 Å².